The third-order valence-corrected chi connectivity index (χ3v) is 5.28. The minimum absolute atomic E-state index is 0.175. The lowest BCUT2D eigenvalue weighted by Crippen LogP contribution is -2.42. The van der Waals surface area contributed by atoms with Crippen molar-refractivity contribution in [3.8, 4) is 5.75 Å². The minimum Gasteiger partial charge on any atom is -0.494 e. The average Bonchev–Trinajstić information content (AvgIpc) is 2.75. The van der Waals surface area contributed by atoms with Gasteiger partial charge in [-0.3, -0.25) is 4.79 Å². The maximum absolute atomic E-state index is 12.7. The Hall–Kier alpha value is -3.61. The first-order valence-electron chi connectivity index (χ1n) is 10.5. The van der Waals surface area contributed by atoms with Crippen LogP contribution in [0.3, 0.4) is 0 Å². The number of nitrogens with one attached hydrogen (secondary N) is 2. The summed E-state index contributed by atoms with van der Waals surface area (Å²) in [5, 5.41) is 2.88. The molecule has 0 saturated heterocycles. The van der Waals surface area contributed by atoms with E-state index in [4.69, 9.17) is 4.74 Å². The summed E-state index contributed by atoms with van der Waals surface area (Å²) in [7, 11) is 0. The van der Waals surface area contributed by atoms with Crippen LogP contribution in [0.25, 0.3) is 0 Å². The first-order chi connectivity index (χ1) is 15.0. The van der Waals surface area contributed by atoms with Crippen LogP contribution >= 0.6 is 0 Å². The second-order valence-electron chi connectivity index (χ2n) is 7.66. The summed E-state index contributed by atoms with van der Waals surface area (Å²) in [5.74, 6) is 1.41. The number of aromatic amines is 1. The van der Waals surface area contributed by atoms with E-state index in [0.29, 0.717) is 43.1 Å². The molecule has 7 nitrogen and oxygen atoms in total. The molecule has 2 aromatic carbocycles. The number of fused-ring (bicyclic) bond motifs is 1. The largest absolute Gasteiger partial charge is 0.494 e. The van der Waals surface area contributed by atoms with Crippen LogP contribution in [0, 0.1) is 6.92 Å². The number of hydrogen-bond donors (Lipinski definition) is 2. The Morgan fingerprint density at radius 3 is 2.77 bits per heavy atom. The summed E-state index contributed by atoms with van der Waals surface area (Å²) in [6.45, 7) is 5.31. The number of aromatic nitrogens is 2. The molecule has 0 atom stereocenters. The summed E-state index contributed by atoms with van der Waals surface area (Å²) < 4.78 is 5.42. The number of anilines is 1. The zero-order chi connectivity index (χ0) is 21.8. The van der Waals surface area contributed by atoms with Gasteiger partial charge in [0.2, 0.25) is 0 Å². The van der Waals surface area contributed by atoms with Crippen LogP contribution in [0.1, 0.15) is 35.1 Å². The number of rotatable bonds is 5. The van der Waals surface area contributed by atoms with Gasteiger partial charge in [0.25, 0.3) is 5.56 Å². The van der Waals surface area contributed by atoms with Gasteiger partial charge in [0.1, 0.15) is 11.6 Å². The van der Waals surface area contributed by atoms with E-state index < -0.39 is 0 Å². The highest BCUT2D eigenvalue weighted by atomic mass is 16.5. The minimum atomic E-state index is -0.238. The zero-order valence-electron chi connectivity index (χ0n) is 17.8. The maximum atomic E-state index is 12.7. The first-order valence-corrected chi connectivity index (χ1v) is 10.5. The molecule has 160 valence electrons. The van der Waals surface area contributed by atoms with Gasteiger partial charge in [-0.2, -0.15) is 0 Å². The normalized spacial score (nSPS) is 12.9. The van der Waals surface area contributed by atoms with E-state index in [0.717, 1.165) is 17.0 Å². The van der Waals surface area contributed by atoms with Crippen molar-refractivity contribution < 1.29 is 9.53 Å². The molecule has 2 N–H and O–H groups in total. The summed E-state index contributed by atoms with van der Waals surface area (Å²) in [4.78, 5) is 34.6. The van der Waals surface area contributed by atoms with Gasteiger partial charge in [-0.15, -0.1) is 0 Å². The molecule has 4 rings (SSSR count). The highest BCUT2D eigenvalue weighted by Gasteiger charge is 2.24. The number of urea groups is 1. The van der Waals surface area contributed by atoms with Crippen molar-refractivity contribution in [1.29, 1.82) is 0 Å². The van der Waals surface area contributed by atoms with E-state index in [1.165, 1.54) is 5.56 Å². The maximum Gasteiger partial charge on any atom is 0.322 e. The van der Waals surface area contributed by atoms with Crippen molar-refractivity contribution in [2.24, 2.45) is 0 Å². The monoisotopic (exact) mass is 418 g/mol. The Morgan fingerprint density at radius 2 is 2.03 bits per heavy atom. The molecule has 0 radical (unpaired) electrons. The predicted octanol–water partition coefficient (Wildman–Crippen LogP) is 3.66. The molecule has 7 heteroatoms. The number of ether oxygens (including phenoxy) is 1. The second-order valence-corrected chi connectivity index (χ2v) is 7.66. The van der Waals surface area contributed by atoms with E-state index in [1.54, 1.807) is 17.0 Å². The first kappa shape index (κ1) is 20.7. The highest BCUT2D eigenvalue weighted by molar-refractivity contribution is 5.89. The molecule has 31 heavy (non-hydrogen) atoms. The number of benzene rings is 2. The molecule has 0 aliphatic carbocycles. The van der Waals surface area contributed by atoms with Gasteiger partial charge < -0.3 is 19.9 Å². The lowest BCUT2D eigenvalue weighted by molar-refractivity contribution is 0.205. The number of carbonyl (C=O) groups excluding carboxylic acids is 1. The highest BCUT2D eigenvalue weighted by Crippen LogP contribution is 2.19. The van der Waals surface area contributed by atoms with Gasteiger partial charge >= 0.3 is 6.03 Å². The third-order valence-electron chi connectivity index (χ3n) is 5.28. The molecule has 2 amide bonds. The third kappa shape index (κ3) is 4.94. The quantitative estimate of drug-likeness (QED) is 0.662. The van der Waals surface area contributed by atoms with Gasteiger partial charge in [0, 0.05) is 25.1 Å². The van der Waals surface area contributed by atoms with Gasteiger partial charge in [0.05, 0.1) is 24.4 Å². The number of nitrogens with zero attached hydrogens (tertiary/aromatic N) is 2. The van der Waals surface area contributed by atoms with Crippen LogP contribution < -0.4 is 15.6 Å². The fourth-order valence-corrected chi connectivity index (χ4v) is 3.75. The fourth-order valence-electron chi connectivity index (χ4n) is 3.75. The standard InChI is InChI=1S/C24H26N4O3/c1-3-31-19-9-7-18(8-10-19)25-24(30)28-12-11-21-20(15-28)23(29)27-22(26-21)14-17-6-4-5-16(2)13-17/h4-10,13H,3,11-12,14-15H2,1-2H3,(H,25,30)(H,26,27,29). The molecule has 3 aromatic rings. The summed E-state index contributed by atoms with van der Waals surface area (Å²) >= 11 is 0. The Bertz CT molecular complexity index is 1140. The molecular weight excluding hydrogens is 392 g/mol. The van der Waals surface area contributed by atoms with Crippen LogP contribution in [0.15, 0.2) is 53.3 Å². The topological polar surface area (TPSA) is 87.3 Å². The van der Waals surface area contributed by atoms with Crippen molar-refractivity contribution >= 4 is 11.7 Å². The molecule has 2 heterocycles. The van der Waals surface area contributed by atoms with E-state index in [2.05, 4.69) is 21.4 Å². The fraction of sp³-hybridized carbons (Fsp3) is 0.292. The molecule has 0 bridgehead atoms. The number of carbonyl (C=O) groups is 1. The number of hydrogen-bond acceptors (Lipinski definition) is 4. The smallest absolute Gasteiger partial charge is 0.322 e. The average molecular weight is 418 g/mol. The van der Waals surface area contributed by atoms with Crippen LogP contribution in [-0.2, 0) is 19.4 Å². The van der Waals surface area contributed by atoms with Crippen molar-refractivity contribution in [2.75, 3.05) is 18.5 Å². The van der Waals surface area contributed by atoms with Crippen molar-refractivity contribution in [1.82, 2.24) is 14.9 Å². The SMILES string of the molecule is CCOc1ccc(NC(=O)N2CCc3nc(Cc4cccc(C)c4)[nH]c(=O)c3C2)cc1. The van der Waals surface area contributed by atoms with Crippen molar-refractivity contribution in [3.63, 3.8) is 0 Å². The van der Waals surface area contributed by atoms with Crippen molar-refractivity contribution in [2.45, 2.75) is 33.2 Å². The van der Waals surface area contributed by atoms with Gasteiger partial charge in [-0.25, -0.2) is 9.78 Å². The molecule has 1 aliphatic heterocycles. The Balaban J connectivity index is 1.44. The molecule has 0 unspecified atom stereocenters. The molecular formula is C24H26N4O3. The van der Waals surface area contributed by atoms with Crippen LogP contribution in [0.5, 0.6) is 5.75 Å². The Morgan fingerprint density at radius 1 is 1.23 bits per heavy atom. The van der Waals surface area contributed by atoms with E-state index in [9.17, 15) is 9.59 Å². The molecule has 1 aliphatic rings. The van der Waals surface area contributed by atoms with Gasteiger partial charge in [-0.05, 0) is 43.7 Å². The zero-order valence-corrected chi connectivity index (χ0v) is 17.8. The van der Waals surface area contributed by atoms with Gasteiger partial charge in [0.15, 0.2) is 0 Å². The van der Waals surface area contributed by atoms with Crippen LogP contribution in [0.2, 0.25) is 0 Å². The van der Waals surface area contributed by atoms with Crippen molar-refractivity contribution in [3.05, 3.63) is 87.1 Å². The van der Waals surface area contributed by atoms with Gasteiger partial charge in [-0.1, -0.05) is 29.8 Å². The van der Waals surface area contributed by atoms with Crippen LogP contribution in [-0.4, -0.2) is 34.1 Å². The van der Waals surface area contributed by atoms with E-state index in [1.807, 2.05) is 44.2 Å². The number of amides is 2. The summed E-state index contributed by atoms with van der Waals surface area (Å²) in [5.41, 5.74) is 4.12. The molecule has 1 aromatic heterocycles. The molecule has 0 saturated carbocycles. The molecule has 0 spiro atoms. The lowest BCUT2D eigenvalue weighted by Gasteiger charge is -2.28. The Kier molecular flexibility index (Phi) is 6.02. The second kappa shape index (κ2) is 9.04. The lowest BCUT2D eigenvalue weighted by atomic mass is 10.1. The number of aryl methyl sites for hydroxylation is 1. The van der Waals surface area contributed by atoms with Crippen LogP contribution in [0.4, 0.5) is 10.5 Å². The molecule has 0 fully saturated rings. The predicted molar refractivity (Wildman–Crippen MR) is 120 cm³/mol. The Labute approximate surface area is 181 Å². The summed E-state index contributed by atoms with van der Waals surface area (Å²) in [6, 6.07) is 15.1. The number of H-pyrrole nitrogens is 1. The summed E-state index contributed by atoms with van der Waals surface area (Å²) in [6.07, 6.45) is 1.13. The van der Waals surface area contributed by atoms with E-state index >= 15 is 0 Å². The van der Waals surface area contributed by atoms with E-state index in [-0.39, 0.29) is 18.1 Å².